The molecule has 3 atom stereocenters. The van der Waals surface area contributed by atoms with E-state index in [4.69, 9.17) is 11.6 Å². The third-order valence-electron chi connectivity index (χ3n) is 4.61. The lowest BCUT2D eigenvalue weighted by molar-refractivity contribution is 0.231. The van der Waals surface area contributed by atoms with Gasteiger partial charge in [-0.05, 0) is 43.0 Å². The van der Waals surface area contributed by atoms with Crippen LogP contribution in [0.5, 0.6) is 0 Å². The fraction of sp³-hybridized carbons (Fsp3) is 0.375. The van der Waals surface area contributed by atoms with Crippen LogP contribution in [0.2, 0.25) is 5.02 Å². The van der Waals surface area contributed by atoms with Gasteiger partial charge in [-0.3, -0.25) is 0 Å². The minimum absolute atomic E-state index is 0.167. The lowest BCUT2D eigenvalue weighted by Gasteiger charge is -2.23. The monoisotopic (exact) mass is 316 g/mol. The van der Waals surface area contributed by atoms with Crippen LogP contribution in [-0.4, -0.2) is 34.4 Å². The number of hydrogen-bond donors (Lipinski definition) is 2. The molecule has 3 unspecified atom stereocenters. The highest BCUT2D eigenvalue weighted by Crippen LogP contribution is 2.31. The van der Waals surface area contributed by atoms with Crippen molar-refractivity contribution in [3.63, 3.8) is 0 Å². The summed E-state index contributed by atoms with van der Waals surface area (Å²) in [5.41, 5.74) is 1.89. The Morgan fingerprint density at radius 1 is 1.27 bits per heavy atom. The number of carbonyl (C=O) groups is 1. The van der Waals surface area contributed by atoms with Crippen LogP contribution < -0.4 is 10.6 Å². The smallest absolute Gasteiger partial charge is 0.332 e. The van der Waals surface area contributed by atoms with E-state index in [-0.39, 0.29) is 12.1 Å². The average Bonchev–Trinajstić information content (AvgIpc) is 3.24. The standard InChI is InChI=1S/C16H17ClN4O/c17-13-3-1-11(2-4-13)12-8-19-21(9-12)16(22)20-15-6-10-5-14(15)18-7-10/h1-4,8-10,14-15,18H,5-7H2,(H,20,22). The van der Waals surface area contributed by atoms with E-state index in [1.54, 1.807) is 12.4 Å². The minimum atomic E-state index is -0.167. The number of halogens is 1. The highest BCUT2D eigenvalue weighted by atomic mass is 35.5. The second-order valence-electron chi connectivity index (χ2n) is 6.09. The maximum Gasteiger partial charge on any atom is 0.342 e. The zero-order valence-corrected chi connectivity index (χ0v) is 12.8. The van der Waals surface area contributed by atoms with Gasteiger partial charge < -0.3 is 10.6 Å². The summed E-state index contributed by atoms with van der Waals surface area (Å²) in [7, 11) is 0. The number of aromatic nitrogens is 2. The molecule has 1 aliphatic heterocycles. The van der Waals surface area contributed by atoms with Gasteiger partial charge in [0.1, 0.15) is 0 Å². The van der Waals surface area contributed by atoms with Gasteiger partial charge in [0.05, 0.1) is 6.20 Å². The molecule has 1 amide bonds. The van der Waals surface area contributed by atoms with Gasteiger partial charge in [0.2, 0.25) is 0 Å². The molecule has 114 valence electrons. The Balaban J connectivity index is 1.46. The summed E-state index contributed by atoms with van der Waals surface area (Å²) in [5.74, 6) is 0.706. The first-order chi connectivity index (χ1) is 10.7. The fourth-order valence-corrected chi connectivity index (χ4v) is 3.59. The zero-order valence-electron chi connectivity index (χ0n) is 12.0. The Morgan fingerprint density at radius 2 is 2.09 bits per heavy atom. The maximum atomic E-state index is 12.3. The molecule has 6 heteroatoms. The van der Waals surface area contributed by atoms with Crippen LogP contribution in [0.25, 0.3) is 11.1 Å². The summed E-state index contributed by atoms with van der Waals surface area (Å²) in [6.07, 6.45) is 5.68. The topological polar surface area (TPSA) is 59.0 Å². The predicted octanol–water partition coefficient (Wildman–Crippen LogP) is 2.51. The third kappa shape index (κ3) is 2.51. The summed E-state index contributed by atoms with van der Waals surface area (Å²) >= 11 is 5.89. The number of piperidine rings is 1. The first-order valence-corrected chi connectivity index (χ1v) is 7.92. The van der Waals surface area contributed by atoms with Crippen LogP contribution in [0.1, 0.15) is 12.8 Å². The van der Waals surface area contributed by atoms with Crippen LogP contribution in [0.15, 0.2) is 36.7 Å². The van der Waals surface area contributed by atoms with Gasteiger partial charge in [0.15, 0.2) is 0 Å². The summed E-state index contributed by atoms with van der Waals surface area (Å²) < 4.78 is 1.37. The Hall–Kier alpha value is -1.85. The highest BCUT2D eigenvalue weighted by molar-refractivity contribution is 6.30. The molecule has 2 bridgehead atoms. The van der Waals surface area contributed by atoms with Crippen molar-refractivity contribution in [3.8, 4) is 11.1 Å². The number of fused-ring (bicyclic) bond motifs is 2. The predicted molar refractivity (Wildman–Crippen MR) is 84.9 cm³/mol. The van der Waals surface area contributed by atoms with Gasteiger partial charge >= 0.3 is 6.03 Å². The van der Waals surface area contributed by atoms with E-state index >= 15 is 0 Å². The molecule has 2 fully saturated rings. The quantitative estimate of drug-likeness (QED) is 0.895. The van der Waals surface area contributed by atoms with Crippen LogP contribution >= 0.6 is 11.6 Å². The van der Waals surface area contributed by atoms with Crippen molar-refractivity contribution in [2.75, 3.05) is 6.54 Å². The van der Waals surface area contributed by atoms with Crippen LogP contribution in [-0.2, 0) is 0 Å². The van der Waals surface area contributed by atoms with Gasteiger partial charge in [-0.2, -0.15) is 9.78 Å². The minimum Gasteiger partial charge on any atom is -0.332 e. The first-order valence-electron chi connectivity index (χ1n) is 7.54. The van der Waals surface area contributed by atoms with E-state index in [0.717, 1.165) is 24.1 Å². The van der Waals surface area contributed by atoms with Crippen molar-refractivity contribution >= 4 is 17.6 Å². The second kappa shape index (κ2) is 5.41. The van der Waals surface area contributed by atoms with E-state index in [2.05, 4.69) is 15.7 Å². The van der Waals surface area contributed by atoms with Crippen LogP contribution in [0, 0.1) is 5.92 Å². The summed E-state index contributed by atoms with van der Waals surface area (Å²) in [6.45, 7) is 1.08. The van der Waals surface area contributed by atoms with Crippen molar-refractivity contribution in [2.45, 2.75) is 24.9 Å². The summed E-state index contributed by atoms with van der Waals surface area (Å²) in [6, 6.07) is 7.96. The molecule has 2 aromatic rings. The highest BCUT2D eigenvalue weighted by Gasteiger charge is 2.40. The van der Waals surface area contributed by atoms with E-state index in [9.17, 15) is 4.79 Å². The van der Waals surface area contributed by atoms with Gasteiger partial charge in [0.25, 0.3) is 0 Å². The van der Waals surface area contributed by atoms with E-state index in [0.29, 0.717) is 17.0 Å². The number of benzene rings is 1. The average molecular weight is 317 g/mol. The largest absolute Gasteiger partial charge is 0.342 e. The SMILES string of the molecule is O=C(NC1CC2CNC1C2)n1cc(-c2ccc(Cl)cc2)cn1. The molecule has 5 nitrogen and oxygen atoms in total. The Bertz CT molecular complexity index is 696. The number of nitrogens with one attached hydrogen (secondary N) is 2. The van der Waals surface area contributed by atoms with Crippen LogP contribution in [0.3, 0.4) is 0 Å². The molecule has 2 heterocycles. The van der Waals surface area contributed by atoms with Gasteiger partial charge in [-0.1, -0.05) is 23.7 Å². The molecule has 1 aromatic heterocycles. The first kappa shape index (κ1) is 13.8. The lowest BCUT2D eigenvalue weighted by Crippen LogP contribution is -2.49. The number of amides is 1. The lowest BCUT2D eigenvalue weighted by atomic mass is 10.1. The van der Waals surface area contributed by atoms with Crippen molar-refractivity contribution in [3.05, 3.63) is 41.7 Å². The molecule has 2 N–H and O–H groups in total. The maximum absolute atomic E-state index is 12.3. The molecule has 1 aromatic carbocycles. The van der Waals surface area contributed by atoms with Crippen LogP contribution in [0.4, 0.5) is 4.79 Å². The molecule has 1 saturated carbocycles. The van der Waals surface area contributed by atoms with Crippen molar-refractivity contribution in [1.82, 2.24) is 20.4 Å². The number of hydrogen-bond acceptors (Lipinski definition) is 3. The fourth-order valence-electron chi connectivity index (χ4n) is 3.46. The third-order valence-corrected chi connectivity index (χ3v) is 4.86. The molecule has 2 aliphatic rings. The Kier molecular flexibility index (Phi) is 3.39. The summed E-state index contributed by atoms with van der Waals surface area (Å²) in [5, 5.41) is 11.4. The molecule has 1 aliphatic carbocycles. The Morgan fingerprint density at radius 3 is 2.77 bits per heavy atom. The van der Waals surface area contributed by atoms with Crippen molar-refractivity contribution in [1.29, 1.82) is 0 Å². The van der Waals surface area contributed by atoms with Gasteiger partial charge in [-0.15, -0.1) is 0 Å². The molecular formula is C16H17ClN4O. The van der Waals surface area contributed by atoms with Crippen molar-refractivity contribution < 1.29 is 4.79 Å². The number of carbonyl (C=O) groups excluding carboxylic acids is 1. The van der Waals surface area contributed by atoms with E-state index in [1.165, 1.54) is 11.1 Å². The number of rotatable bonds is 2. The van der Waals surface area contributed by atoms with E-state index in [1.807, 2.05) is 24.3 Å². The molecule has 0 radical (unpaired) electrons. The van der Waals surface area contributed by atoms with E-state index < -0.39 is 0 Å². The normalized spacial score (nSPS) is 26.3. The second-order valence-corrected chi connectivity index (χ2v) is 6.53. The van der Waals surface area contributed by atoms with Gasteiger partial charge in [-0.25, -0.2) is 4.79 Å². The number of nitrogens with zero attached hydrogens (tertiary/aromatic N) is 2. The van der Waals surface area contributed by atoms with Crippen molar-refractivity contribution in [2.24, 2.45) is 5.92 Å². The summed E-state index contributed by atoms with van der Waals surface area (Å²) in [4.78, 5) is 12.3. The molecule has 4 rings (SSSR count). The Labute approximate surface area is 133 Å². The van der Waals surface area contributed by atoms with Gasteiger partial charge in [0, 0.05) is 28.9 Å². The zero-order chi connectivity index (χ0) is 15.1. The molecule has 1 saturated heterocycles. The molecule has 22 heavy (non-hydrogen) atoms. The molecule has 0 spiro atoms. The molecular weight excluding hydrogens is 300 g/mol.